The van der Waals surface area contributed by atoms with Crippen LogP contribution in [0.3, 0.4) is 0 Å². The molecule has 3 aromatic rings. The Hall–Kier alpha value is -2.53. The Morgan fingerprint density at radius 2 is 1.85 bits per heavy atom. The summed E-state index contributed by atoms with van der Waals surface area (Å²) in [5, 5.41) is 11.7. The molecule has 2 aromatic heterocycles. The molecule has 1 aromatic carbocycles. The lowest BCUT2D eigenvalue weighted by molar-refractivity contribution is 0.148. The van der Waals surface area contributed by atoms with E-state index >= 15 is 0 Å². The van der Waals surface area contributed by atoms with Gasteiger partial charge in [-0.1, -0.05) is 38.1 Å². The summed E-state index contributed by atoms with van der Waals surface area (Å²) in [6.07, 6.45) is 4.14. The number of aromatic nitrogens is 3. The molecule has 26 heavy (non-hydrogen) atoms. The highest BCUT2D eigenvalue weighted by atomic mass is 16.3. The summed E-state index contributed by atoms with van der Waals surface area (Å²) < 4.78 is 0. The van der Waals surface area contributed by atoms with Crippen molar-refractivity contribution in [1.29, 1.82) is 0 Å². The minimum atomic E-state index is -0.392. The Labute approximate surface area is 153 Å². The molecule has 134 valence electrons. The van der Waals surface area contributed by atoms with Crippen LogP contribution < -0.4 is 4.90 Å². The van der Waals surface area contributed by atoms with Crippen molar-refractivity contribution in [1.82, 2.24) is 15.0 Å². The number of aliphatic hydroxyl groups excluding tert-OH is 1. The van der Waals surface area contributed by atoms with Crippen molar-refractivity contribution in [3.05, 3.63) is 60.0 Å². The minimum Gasteiger partial charge on any atom is -0.391 e. The molecule has 0 spiro atoms. The summed E-state index contributed by atoms with van der Waals surface area (Å²) in [5.74, 6) is 1.25. The molecule has 5 nitrogen and oxygen atoms in total. The van der Waals surface area contributed by atoms with Gasteiger partial charge in [0, 0.05) is 42.5 Å². The van der Waals surface area contributed by atoms with Gasteiger partial charge in [0.25, 0.3) is 0 Å². The van der Waals surface area contributed by atoms with Gasteiger partial charge in [0.05, 0.1) is 11.6 Å². The van der Waals surface area contributed by atoms with Crippen molar-refractivity contribution >= 4 is 16.9 Å². The van der Waals surface area contributed by atoms with Crippen LogP contribution in [-0.2, 0) is 6.42 Å². The van der Waals surface area contributed by atoms with Gasteiger partial charge in [-0.2, -0.15) is 0 Å². The molecule has 2 atom stereocenters. The summed E-state index contributed by atoms with van der Waals surface area (Å²) in [6, 6.07) is 12.3. The standard InChI is InChI=1S/C21H24N4O/c1-14(2)17-10-22-21(23-11-17)25-12-16(20(26)13-25)9-18-8-7-15-5-3-4-6-19(15)24-18/h3-8,10-11,14,16,20,26H,9,12-13H2,1-2H3/t16-,20-/m1/s1. The average Bonchev–Trinajstić information content (AvgIpc) is 3.02. The molecule has 1 fully saturated rings. The largest absolute Gasteiger partial charge is 0.391 e. The Bertz CT molecular complexity index is 894. The third-order valence-electron chi connectivity index (χ3n) is 5.14. The van der Waals surface area contributed by atoms with Gasteiger partial charge >= 0.3 is 0 Å². The fourth-order valence-corrected chi connectivity index (χ4v) is 3.50. The fourth-order valence-electron chi connectivity index (χ4n) is 3.50. The molecule has 0 unspecified atom stereocenters. The molecular formula is C21H24N4O. The number of rotatable bonds is 4. The second kappa shape index (κ2) is 7.00. The molecule has 1 N–H and O–H groups in total. The smallest absolute Gasteiger partial charge is 0.225 e. The molecule has 0 aliphatic carbocycles. The topological polar surface area (TPSA) is 62.1 Å². The van der Waals surface area contributed by atoms with Gasteiger partial charge < -0.3 is 10.0 Å². The molecule has 4 rings (SSSR count). The Morgan fingerprint density at radius 1 is 1.08 bits per heavy atom. The van der Waals surface area contributed by atoms with E-state index in [9.17, 15) is 5.11 Å². The second-order valence-corrected chi connectivity index (χ2v) is 7.40. The number of anilines is 1. The highest BCUT2D eigenvalue weighted by Gasteiger charge is 2.33. The maximum Gasteiger partial charge on any atom is 0.225 e. The second-order valence-electron chi connectivity index (χ2n) is 7.40. The zero-order chi connectivity index (χ0) is 18.1. The Morgan fingerprint density at radius 3 is 2.62 bits per heavy atom. The van der Waals surface area contributed by atoms with Crippen LogP contribution in [0.5, 0.6) is 0 Å². The van der Waals surface area contributed by atoms with E-state index in [0.717, 1.165) is 35.1 Å². The lowest BCUT2D eigenvalue weighted by Gasteiger charge is -2.16. The predicted molar refractivity (Wildman–Crippen MR) is 103 cm³/mol. The van der Waals surface area contributed by atoms with E-state index in [4.69, 9.17) is 4.98 Å². The molecular weight excluding hydrogens is 324 g/mol. The summed E-state index contributed by atoms with van der Waals surface area (Å²) >= 11 is 0. The summed E-state index contributed by atoms with van der Waals surface area (Å²) in [6.45, 7) is 5.57. The van der Waals surface area contributed by atoms with E-state index in [1.54, 1.807) is 0 Å². The van der Waals surface area contributed by atoms with Gasteiger partial charge in [0.15, 0.2) is 0 Å². The van der Waals surface area contributed by atoms with Gasteiger partial charge in [-0.05, 0) is 30.0 Å². The summed E-state index contributed by atoms with van der Waals surface area (Å²) in [5.41, 5.74) is 3.15. The van der Waals surface area contributed by atoms with Gasteiger partial charge in [-0.15, -0.1) is 0 Å². The predicted octanol–water partition coefficient (Wildman–Crippen LogP) is 3.19. The van der Waals surface area contributed by atoms with Crippen molar-refractivity contribution < 1.29 is 5.11 Å². The quantitative estimate of drug-likeness (QED) is 0.784. The van der Waals surface area contributed by atoms with Crippen LogP contribution in [0.1, 0.15) is 31.0 Å². The van der Waals surface area contributed by atoms with E-state index in [0.29, 0.717) is 18.4 Å². The minimum absolute atomic E-state index is 0.136. The molecule has 1 aliphatic rings. The highest BCUT2D eigenvalue weighted by Crippen LogP contribution is 2.25. The maximum absolute atomic E-state index is 10.5. The van der Waals surface area contributed by atoms with Crippen molar-refractivity contribution in [3.8, 4) is 0 Å². The van der Waals surface area contributed by atoms with E-state index in [1.807, 2.05) is 30.6 Å². The van der Waals surface area contributed by atoms with Crippen molar-refractivity contribution in [2.75, 3.05) is 18.0 Å². The van der Waals surface area contributed by atoms with Crippen LogP contribution in [0.4, 0.5) is 5.95 Å². The van der Waals surface area contributed by atoms with Gasteiger partial charge in [0.2, 0.25) is 5.95 Å². The molecule has 3 heterocycles. The van der Waals surface area contributed by atoms with E-state index in [1.165, 1.54) is 0 Å². The number of aliphatic hydroxyl groups is 1. The zero-order valence-corrected chi connectivity index (χ0v) is 15.2. The van der Waals surface area contributed by atoms with E-state index < -0.39 is 6.10 Å². The van der Waals surface area contributed by atoms with Gasteiger partial charge in [0.1, 0.15) is 0 Å². The molecule has 0 radical (unpaired) electrons. The highest BCUT2D eigenvalue weighted by molar-refractivity contribution is 5.78. The van der Waals surface area contributed by atoms with Crippen molar-refractivity contribution in [2.24, 2.45) is 5.92 Å². The first-order chi connectivity index (χ1) is 12.6. The molecule has 0 amide bonds. The molecule has 5 heteroatoms. The normalized spacial score (nSPS) is 20.2. The van der Waals surface area contributed by atoms with E-state index in [2.05, 4.69) is 46.9 Å². The maximum atomic E-state index is 10.5. The van der Waals surface area contributed by atoms with Gasteiger partial charge in [-0.3, -0.25) is 4.98 Å². The summed E-state index contributed by atoms with van der Waals surface area (Å²) in [7, 11) is 0. The third kappa shape index (κ3) is 3.40. The van der Waals surface area contributed by atoms with Crippen LogP contribution >= 0.6 is 0 Å². The third-order valence-corrected chi connectivity index (χ3v) is 5.14. The number of fused-ring (bicyclic) bond motifs is 1. The van der Waals surface area contributed by atoms with Crippen LogP contribution in [0.25, 0.3) is 10.9 Å². The fraction of sp³-hybridized carbons (Fsp3) is 0.381. The number of hydrogen-bond donors (Lipinski definition) is 1. The van der Waals surface area contributed by atoms with Crippen LogP contribution in [-0.4, -0.2) is 39.3 Å². The Balaban J connectivity index is 1.47. The molecule has 1 aliphatic heterocycles. The van der Waals surface area contributed by atoms with Gasteiger partial charge in [-0.25, -0.2) is 9.97 Å². The number of hydrogen-bond acceptors (Lipinski definition) is 5. The molecule has 0 bridgehead atoms. The van der Waals surface area contributed by atoms with E-state index in [-0.39, 0.29) is 5.92 Å². The molecule has 0 saturated carbocycles. The first-order valence-electron chi connectivity index (χ1n) is 9.20. The lowest BCUT2D eigenvalue weighted by Crippen LogP contribution is -2.23. The number of benzene rings is 1. The monoisotopic (exact) mass is 348 g/mol. The number of β-amino-alcohol motifs (C(OH)–C–C–N with tert-alkyl or cyclic N) is 1. The number of nitrogens with zero attached hydrogens (tertiary/aromatic N) is 4. The first kappa shape index (κ1) is 16.9. The summed E-state index contributed by atoms with van der Waals surface area (Å²) in [4.78, 5) is 15.8. The molecule has 1 saturated heterocycles. The van der Waals surface area contributed by atoms with Crippen LogP contribution in [0, 0.1) is 5.92 Å². The number of pyridine rings is 1. The van der Waals surface area contributed by atoms with Crippen molar-refractivity contribution in [3.63, 3.8) is 0 Å². The Kier molecular flexibility index (Phi) is 4.55. The van der Waals surface area contributed by atoms with Crippen LogP contribution in [0.15, 0.2) is 48.8 Å². The number of para-hydroxylation sites is 1. The van der Waals surface area contributed by atoms with Crippen molar-refractivity contribution in [2.45, 2.75) is 32.3 Å². The SMILES string of the molecule is CC(C)c1cnc(N2C[C@@H](Cc3ccc4ccccc4n3)[C@H](O)C2)nc1. The first-order valence-corrected chi connectivity index (χ1v) is 9.20. The zero-order valence-electron chi connectivity index (χ0n) is 15.2. The average molecular weight is 348 g/mol. The van der Waals surface area contributed by atoms with Crippen LogP contribution in [0.2, 0.25) is 0 Å². The lowest BCUT2D eigenvalue weighted by atomic mass is 9.99.